The fraction of sp³-hybridized carbons (Fsp3) is 0.429. The number of hydrogen-bond donors (Lipinski definition) is 2. The number of hydrogen-bond acceptors (Lipinski definition) is 2. The van der Waals surface area contributed by atoms with Gasteiger partial charge in [0.1, 0.15) is 6.04 Å². The van der Waals surface area contributed by atoms with Gasteiger partial charge in [-0.25, -0.2) is 0 Å². The SMILES string of the molecule is CC[C@H](NC(=O)Cc1cc(C(F)(F)F)cc(C(F)(F)F)c1)C(N)=O. The Balaban J connectivity index is 3.10. The number of benzene rings is 1. The fourth-order valence-corrected chi connectivity index (χ4v) is 1.93. The summed E-state index contributed by atoms with van der Waals surface area (Å²) in [4.78, 5) is 22.7. The van der Waals surface area contributed by atoms with E-state index in [4.69, 9.17) is 5.73 Å². The highest BCUT2D eigenvalue weighted by Crippen LogP contribution is 2.36. The standard InChI is InChI=1S/C14H14F6N2O2/c1-2-10(12(21)24)22-11(23)5-7-3-8(13(15,16)17)6-9(4-7)14(18,19)20/h3-4,6,10H,2,5H2,1H3,(H2,21,24)(H,22,23)/t10-/m0/s1. The van der Waals surface area contributed by atoms with Gasteiger partial charge in [-0.05, 0) is 30.2 Å². The molecule has 2 amide bonds. The van der Waals surface area contributed by atoms with Crippen molar-refractivity contribution in [3.05, 3.63) is 34.9 Å². The molecule has 1 aromatic rings. The van der Waals surface area contributed by atoms with Crippen molar-refractivity contribution in [3.63, 3.8) is 0 Å². The summed E-state index contributed by atoms with van der Waals surface area (Å²) in [6.07, 6.45) is -10.6. The van der Waals surface area contributed by atoms with Crippen molar-refractivity contribution in [2.24, 2.45) is 5.73 Å². The largest absolute Gasteiger partial charge is 0.416 e. The van der Waals surface area contributed by atoms with Crippen LogP contribution in [0.25, 0.3) is 0 Å². The van der Waals surface area contributed by atoms with Crippen LogP contribution < -0.4 is 11.1 Å². The number of carbonyl (C=O) groups is 2. The Kier molecular flexibility index (Phi) is 5.85. The normalized spacial score (nSPS) is 13.5. The lowest BCUT2D eigenvalue weighted by atomic mass is 10.0. The molecule has 0 spiro atoms. The zero-order valence-corrected chi connectivity index (χ0v) is 12.4. The molecule has 10 heteroatoms. The van der Waals surface area contributed by atoms with Crippen LogP contribution in [0.1, 0.15) is 30.0 Å². The van der Waals surface area contributed by atoms with Crippen LogP contribution in [0, 0.1) is 0 Å². The highest BCUT2D eigenvalue weighted by molar-refractivity contribution is 5.87. The molecule has 0 radical (unpaired) electrons. The zero-order valence-electron chi connectivity index (χ0n) is 12.4. The number of halogens is 6. The Hall–Kier alpha value is -2.26. The molecule has 0 aliphatic rings. The maximum absolute atomic E-state index is 12.7. The summed E-state index contributed by atoms with van der Waals surface area (Å²) in [6, 6.07) is -0.162. The van der Waals surface area contributed by atoms with Crippen LogP contribution in [-0.2, 0) is 28.4 Å². The molecule has 0 bridgehead atoms. The van der Waals surface area contributed by atoms with Gasteiger partial charge >= 0.3 is 12.4 Å². The van der Waals surface area contributed by atoms with Crippen molar-refractivity contribution in [1.29, 1.82) is 0 Å². The van der Waals surface area contributed by atoms with Crippen LogP contribution >= 0.6 is 0 Å². The minimum absolute atomic E-state index is 0.0281. The average molecular weight is 356 g/mol. The Morgan fingerprint density at radius 3 is 1.83 bits per heavy atom. The first-order valence-corrected chi connectivity index (χ1v) is 6.71. The molecular formula is C14H14F6N2O2. The van der Waals surface area contributed by atoms with E-state index >= 15 is 0 Å². The van der Waals surface area contributed by atoms with Crippen LogP contribution in [0.15, 0.2) is 18.2 Å². The van der Waals surface area contributed by atoms with E-state index in [1.165, 1.54) is 6.92 Å². The van der Waals surface area contributed by atoms with E-state index in [1.54, 1.807) is 0 Å². The third-order valence-electron chi connectivity index (χ3n) is 3.10. The molecule has 0 unspecified atom stereocenters. The summed E-state index contributed by atoms with van der Waals surface area (Å²) in [5, 5.41) is 2.16. The van der Waals surface area contributed by atoms with E-state index < -0.39 is 53.3 Å². The van der Waals surface area contributed by atoms with Gasteiger partial charge in [-0.3, -0.25) is 9.59 Å². The summed E-state index contributed by atoms with van der Waals surface area (Å²) in [5.41, 5.74) is 1.50. The summed E-state index contributed by atoms with van der Waals surface area (Å²) >= 11 is 0. The zero-order chi connectivity index (χ0) is 18.7. The number of amides is 2. The highest BCUT2D eigenvalue weighted by Gasteiger charge is 2.37. The van der Waals surface area contributed by atoms with Gasteiger partial charge in [0, 0.05) is 0 Å². The Morgan fingerprint density at radius 2 is 1.50 bits per heavy atom. The van der Waals surface area contributed by atoms with Crippen LogP contribution in [0.2, 0.25) is 0 Å². The molecule has 24 heavy (non-hydrogen) atoms. The number of nitrogens with two attached hydrogens (primary N) is 1. The predicted octanol–water partition coefficient (Wildman–Crippen LogP) is 2.65. The van der Waals surface area contributed by atoms with Gasteiger partial charge in [0.05, 0.1) is 17.5 Å². The van der Waals surface area contributed by atoms with E-state index in [1.807, 2.05) is 0 Å². The molecule has 3 N–H and O–H groups in total. The van der Waals surface area contributed by atoms with Gasteiger partial charge in [-0.1, -0.05) is 6.92 Å². The Morgan fingerprint density at radius 1 is 1.04 bits per heavy atom. The van der Waals surface area contributed by atoms with Crippen LogP contribution in [0.3, 0.4) is 0 Å². The van der Waals surface area contributed by atoms with E-state index in [0.717, 1.165) is 0 Å². The molecule has 0 heterocycles. The third kappa shape index (κ3) is 5.43. The minimum atomic E-state index is -4.99. The Bertz CT molecular complexity index is 592. The maximum Gasteiger partial charge on any atom is 0.416 e. The molecule has 1 aromatic carbocycles. The molecule has 134 valence electrons. The van der Waals surface area contributed by atoms with Crippen molar-refractivity contribution in [2.45, 2.75) is 38.2 Å². The first-order chi connectivity index (χ1) is 10.8. The molecular weight excluding hydrogens is 342 g/mol. The quantitative estimate of drug-likeness (QED) is 0.796. The van der Waals surface area contributed by atoms with E-state index in [-0.39, 0.29) is 12.5 Å². The number of primary amides is 1. The molecule has 0 aliphatic heterocycles. The molecule has 0 fully saturated rings. The van der Waals surface area contributed by atoms with Gasteiger partial charge in [0.2, 0.25) is 11.8 Å². The minimum Gasteiger partial charge on any atom is -0.368 e. The average Bonchev–Trinajstić information content (AvgIpc) is 2.42. The Labute approximate surface area is 133 Å². The van der Waals surface area contributed by atoms with Crippen LogP contribution in [-0.4, -0.2) is 17.9 Å². The maximum atomic E-state index is 12.7. The third-order valence-corrected chi connectivity index (χ3v) is 3.10. The number of alkyl halides is 6. The predicted molar refractivity (Wildman–Crippen MR) is 71.6 cm³/mol. The lowest BCUT2D eigenvalue weighted by Gasteiger charge is -2.16. The number of nitrogens with one attached hydrogen (secondary N) is 1. The summed E-state index contributed by atoms with van der Waals surface area (Å²) in [7, 11) is 0. The molecule has 0 aliphatic carbocycles. The number of rotatable bonds is 5. The van der Waals surface area contributed by atoms with Crippen LogP contribution in [0.5, 0.6) is 0 Å². The topological polar surface area (TPSA) is 72.2 Å². The fourth-order valence-electron chi connectivity index (χ4n) is 1.93. The van der Waals surface area contributed by atoms with Crippen molar-refractivity contribution in [1.82, 2.24) is 5.32 Å². The first-order valence-electron chi connectivity index (χ1n) is 6.71. The van der Waals surface area contributed by atoms with Gasteiger partial charge in [0.15, 0.2) is 0 Å². The monoisotopic (exact) mass is 356 g/mol. The van der Waals surface area contributed by atoms with Gasteiger partial charge in [-0.2, -0.15) is 26.3 Å². The molecule has 4 nitrogen and oxygen atoms in total. The second kappa shape index (κ2) is 7.10. The van der Waals surface area contributed by atoms with Gasteiger partial charge < -0.3 is 11.1 Å². The molecule has 0 saturated heterocycles. The van der Waals surface area contributed by atoms with E-state index in [0.29, 0.717) is 12.1 Å². The van der Waals surface area contributed by atoms with Crippen molar-refractivity contribution >= 4 is 11.8 Å². The van der Waals surface area contributed by atoms with Crippen molar-refractivity contribution < 1.29 is 35.9 Å². The van der Waals surface area contributed by atoms with Crippen LogP contribution in [0.4, 0.5) is 26.3 Å². The van der Waals surface area contributed by atoms with E-state index in [9.17, 15) is 35.9 Å². The van der Waals surface area contributed by atoms with Crippen molar-refractivity contribution in [3.8, 4) is 0 Å². The summed E-state index contributed by atoms with van der Waals surface area (Å²) < 4.78 is 76.3. The van der Waals surface area contributed by atoms with E-state index in [2.05, 4.69) is 5.32 Å². The van der Waals surface area contributed by atoms with Crippen molar-refractivity contribution in [2.75, 3.05) is 0 Å². The first kappa shape index (κ1) is 19.8. The molecule has 0 saturated carbocycles. The highest BCUT2D eigenvalue weighted by atomic mass is 19.4. The van der Waals surface area contributed by atoms with Gasteiger partial charge in [-0.15, -0.1) is 0 Å². The molecule has 1 rings (SSSR count). The summed E-state index contributed by atoms with van der Waals surface area (Å²) in [6.45, 7) is 1.53. The molecule has 1 atom stereocenters. The number of carbonyl (C=O) groups excluding carboxylic acids is 2. The second-order valence-corrected chi connectivity index (χ2v) is 5.02. The molecule has 0 aromatic heterocycles. The van der Waals surface area contributed by atoms with Gasteiger partial charge in [0.25, 0.3) is 0 Å². The second-order valence-electron chi connectivity index (χ2n) is 5.02. The lowest BCUT2D eigenvalue weighted by molar-refractivity contribution is -0.143. The lowest BCUT2D eigenvalue weighted by Crippen LogP contribution is -2.44. The smallest absolute Gasteiger partial charge is 0.368 e. The summed E-state index contributed by atoms with van der Waals surface area (Å²) in [5.74, 6) is -1.76.